The maximum Gasteiger partial charge on any atom is 0.157 e. The molecule has 27 heavy (non-hydrogen) atoms. The first-order valence-electron chi connectivity index (χ1n) is 9.72. The van der Waals surface area contributed by atoms with E-state index < -0.39 is 0 Å². The summed E-state index contributed by atoms with van der Waals surface area (Å²) in [7, 11) is 0. The van der Waals surface area contributed by atoms with Crippen molar-refractivity contribution in [3.8, 4) is 11.3 Å². The van der Waals surface area contributed by atoms with E-state index in [2.05, 4.69) is 49.0 Å². The molecule has 1 aliphatic heterocycles. The number of hydrogen-bond acceptors (Lipinski definition) is 5. The Balaban J connectivity index is 0.00000102. The Hall–Kier alpha value is -2.47. The van der Waals surface area contributed by atoms with E-state index in [1.54, 1.807) is 12.4 Å². The lowest BCUT2D eigenvalue weighted by atomic mass is 10.0. The zero-order valence-corrected chi connectivity index (χ0v) is 17.2. The van der Waals surface area contributed by atoms with Gasteiger partial charge in [0.05, 0.1) is 11.4 Å². The van der Waals surface area contributed by atoms with Crippen LogP contribution in [0.4, 0.5) is 5.82 Å². The van der Waals surface area contributed by atoms with Crippen molar-refractivity contribution in [3.05, 3.63) is 41.9 Å². The van der Waals surface area contributed by atoms with Gasteiger partial charge in [-0.15, -0.1) is 5.10 Å². The Morgan fingerprint density at radius 3 is 2.48 bits per heavy atom. The van der Waals surface area contributed by atoms with Crippen LogP contribution < -0.4 is 10.2 Å². The molecule has 0 radical (unpaired) electrons. The minimum atomic E-state index is 0.0922. The number of nitrogens with zero attached hydrogens (tertiary/aromatic N) is 5. The van der Waals surface area contributed by atoms with Gasteiger partial charge in [0.2, 0.25) is 0 Å². The van der Waals surface area contributed by atoms with E-state index >= 15 is 0 Å². The Bertz CT molecular complexity index is 913. The summed E-state index contributed by atoms with van der Waals surface area (Å²) in [6.07, 6.45) is 3.60. The minimum absolute atomic E-state index is 0.0922. The highest BCUT2D eigenvalue weighted by Gasteiger charge is 2.27. The second kappa shape index (κ2) is 7.64. The second-order valence-corrected chi connectivity index (χ2v) is 7.43. The molecule has 3 aromatic rings. The summed E-state index contributed by atoms with van der Waals surface area (Å²) in [5, 5.41) is 8.46. The lowest BCUT2D eigenvalue weighted by Crippen LogP contribution is -2.57. The second-order valence-electron chi connectivity index (χ2n) is 7.43. The van der Waals surface area contributed by atoms with Crippen LogP contribution in [0, 0.1) is 13.8 Å². The summed E-state index contributed by atoms with van der Waals surface area (Å²) in [6.45, 7) is 15.5. The summed E-state index contributed by atoms with van der Waals surface area (Å²) in [5.41, 5.74) is 5.25. The fraction of sp³-hybridized carbons (Fsp3) is 0.476. The molecule has 0 spiro atoms. The van der Waals surface area contributed by atoms with Gasteiger partial charge in [-0.1, -0.05) is 13.8 Å². The van der Waals surface area contributed by atoms with Gasteiger partial charge in [0.15, 0.2) is 5.65 Å². The van der Waals surface area contributed by atoms with Crippen LogP contribution in [0.1, 0.15) is 39.0 Å². The number of nitrogens with one attached hydrogen (secondary N) is 1. The van der Waals surface area contributed by atoms with Crippen molar-refractivity contribution in [3.63, 3.8) is 0 Å². The molecule has 0 unspecified atom stereocenters. The van der Waals surface area contributed by atoms with Crippen LogP contribution in [0.25, 0.3) is 16.9 Å². The lowest BCUT2D eigenvalue weighted by Gasteiger charge is -2.39. The first-order chi connectivity index (χ1) is 12.9. The molecule has 1 fully saturated rings. The van der Waals surface area contributed by atoms with Crippen LogP contribution in [-0.4, -0.2) is 44.8 Å². The van der Waals surface area contributed by atoms with Gasteiger partial charge < -0.3 is 10.2 Å². The quantitative estimate of drug-likeness (QED) is 0.751. The Morgan fingerprint density at radius 2 is 1.81 bits per heavy atom. The zero-order valence-electron chi connectivity index (χ0n) is 17.2. The van der Waals surface area contributed by atoms with Crippen molar-refractivity contribution in [1.82, 2.24) is 24.9 Å². The van der Waals surface area contributed by atoms with Crippen LogP contribution >= 0.6 is 0 Å². The number of rotatable bonds is 2. The number of hydrogen-bond donors (Lipinski definition) is 1. The summed E-state index contributed by atoms with van der Waals surface area (Å²) < 4.78 is 1.98. The van der Waals surface area contributed by atoms with Gasteiger partial charge in [-0.05, 0) is 51.5 Å². The van der Waals surface area contributed by atoms with Crippen LogP contribution in [0.15, 0.2) is 30.6 Å². The van der Waals surface area contributed by atoms with Gasteiger partial charge in [-0.25, -0.2) is 9.50 Å². The van der Waals surface area contributed by atoms with Crippen LogP contribution in [0.5, 0.6) is 0 Å². The molecule has 6 heteroatoms. The number of pyridine rings is 1. The van der Waals surface area contributed by atoms with E-state index in [1.807, 2.05) is 30.5 Å². The van der Waals surface area contributed by atoms with Gasteiger partial charge in [-0.2, -0.15) is 0 Å². The van der Waals surface area contributed by atoms with Crippen LogP contribution in [-0.2, 0) is 0 Å². The van der Waals surface area contributed by atoms with E-state index in [4.69, 9.17) is 10.1 Å². The van der Waals surface area contributed by atoms with E-state index in [0.717, 1.165) is 53.6 Å². The molecule has 0 saturated carbocycles. The molecule has 0 bridgehead atoms. The highest BCUT2D eigenvalue weighted by atomic mass is 15.4. The monoisotopic (exact) mass is 366 g/mol. The summed E-state index contributed by atoms with van der Waals surface area (Å²) in [6, 6.07) is 6.13. The average molecular weight is 367 g/mol. The summed E-state index contributed by atoms with van der Waals surface area (Å²) in [4.78, 5) is 11.3. The molecule has 0 atom stereocenters. The van der Waals surface area contributed by atoms with Crippen molar-refractivity contribution in [2.24, 2.45) is 0 Å². The number of fused-ring (bicyclic) bond motifs is 1. The van der Waals surface area contributed by atoms with Crippen molar-refractivity contribution in [2.75, 3.05) is 24.5 Å². The molecule has 0 aliphatic carbocycles. The van der Waals surface area contributed by atoms with Crippen molar-refractivity contribution >= 4 is 11.5 Å². The third kappa shape index (κ3) is 3.81. The van der Waals surface area contributed by atoms with Gasteiger partial charge in [0, 0.05) is 43.1 Å². The Morgan fingerprint density at radius 1 is 1.11 bits per heavy atom. The normalized spacial score (nSPS) is 16.1. The molecule has 6 nitrogen and oxygen atoms in total. The van der Waals surface area contributed by atoms with Crippen LogP contribution in [0.3, 0.4) is 0 Å². The van der Waals surface area contributed by atoms with Crippen molar-refractivity contribution < 1.29 is 0 Å². The molecular weight excluding hydrogens is 336 g/mol. The molecular formula is C21H30N6. The lowest BCUT2D eigenvalue weighted by molar-refractivity contribution is 0.351. The van der Waals surface area contributed by atoms with Gasteiger partial charge in [0.25, 0.3) is 0 Å². The fourth-order valence-electron chi connectivity index (χ4n) is 3.54. The van der Waals surface area contributed by atoms with Crippen molar-refractivity contribution in [2.45, 2.75) is 47.1 Å². The fourth-order valence-corrected chi connectivity index (χ4v) is 3.54. The minimum Gasteiger partial charge on any atom is -0.352 e. The number of aryl methyl sites for hydroxylation is 2. The zero-order chi connectivity index (χ0) is 19.6. The Kier molecular flexibility index (Phi) is 5.46. The topological polar surface area (TPSA) is 58.4 Å². The first-order valence-corrected chi connectivity index (χ1v) is 9.72. The van der Waals surface area contributed by atoms with E-state index in [-0.39, 0.29) is 5.54 Å². The molecule has 1 saturated heterocycles. The largest absolute Gasteiger partial charge is 0.352 e. The third-order valence-corrected chi connectivity index (χ3v) is 4.83. The molecule has 1 N–H and O–H groups in total. The Labute approximate surface area is 161 Å². The maximum absolute atomic E-state index is 4.91. The van der Waals surface area contributed by atoms with E-state index in [0.29, 0.717) is 0 Å². The van der Waals surface area contributed by atoms with Crippen molar-refractivity contribution in [1.29, 1.82) is 0 Å². The molecule has 0 aromatic carbocycles. The van der Waals surface area contributed by atoms with Gasteiger partial charge >= 0.3 is 0 Å². The summed E-state index contributed by atoms with van der Waals surface area (Å²) >= 11 is 0. The SMILES string of the molecule is CC.Cc1cc(N2CCNC(C)(C)C2)nn2c(C)c(-c3ccncc3)nc12. The number of imidazole rings is 1. The van der Waals surface area contributed by atoms with Crippen LogP contribution in [0.2, 0.25) is 0 Å². The highest BCUT2D eigenvalue weighted by molar-refractivity contribution is 5.67. The number of anilines is 1. The molecule has 3 aromatic heterocycles. The maximum atomic E-state index is 4.91. The highest BCUT2D eigenvalue weighted by Crippen LogP contribution is 2.26. The standard InChI is InChI=1S/C19H24N6.C2H6/c1-13-11-16(24-10-9-21-19(3,4)12-24)23-25-14(2)17(22-18(13)25)15-5-7-20-8-6-15;1-2/h5-8,11,21H,9-10,12H2,1-4H3;1-2H3. The molecule has 0 amide bonds. The van der Waals surface area contributed by atoms with E-state index in [9.17, 15) is 0 Å². The predicted molar refractivity (Wildman–Crippen MR) is 111 cm³/mol. The van der Waals surface area contributed by atoms with Gasteiger partial charge in [0.1, 0.15) is 5.82 Å². The molecule has 144 valence electrons. The summed E-state index contributed by atoms with van der Waals surface area (Å²) in [5.74, 6) is 1.02. The predicted octanol–water partition coefficient (Wildman–Crippen LogP) is 3.62. The first kappa shape index (κ1) is 19.3. The molecule has 4 rings (SSSR count). The number of piperazine rings is 1. The van der Waals surface area contributed by atoms with Gasteiger partial charge in [-0.3, -0.25) is 4.98 Å². The smallest absolute Gasteiger partial charge is 0.157 e. The molecule has 4 heterocycles. The average Bonchev–Trinajstić information content (AvgIpc) is 3.01. The number of aromatic nitrogens is 4. The molecule has 1 aliphatic rings. The van der Waals surface area contributed by atoms with E-state index in [1.165, 1.54) is 0 Å². The third-order valence-electron chi connectivity index (χ3n) is 4.83.